The van der Waals surface area contributed by atoms with Crippen LogP contribution in [-0.2, 0) is 11.3 Å². The summed E-state index contributed by atoms with van der Waals surface area (Å²) in [5, 5.41) is 6.26. The van der Waals surface area contributed by atoms with E-state index in [1.807, 2.05) is 30.3 Å². The number of ether oxygens (including phenoxy) is 1. The second-order valence-electron chi connectivity index (χ2n) is 8.87. The molecule has 6 heteroatoms. The topological polar surface area (TPSA) is 80.3 Å². The predicted molar refractivity (Wildman–Crippen MR) is 107 cm³/mol. The minimum atomic E-state index is -0.708. The summed E-state index contributed by atoms with van der Waals surface area (Å²) in [7, 11) is 0. The van der Waals surface area contributed by atoms with E-state index in [1.165, 1.54) is 0 Å². The van der Waals surface area contributed by atoms with Gasteiger partial charge in [0, 0.05) is 37.2 Å². The van der Waals surface area contributed by atoms with Crippen LogP contribution < -0.4 is 15.4 Å². The molecule has 6 rings (SSSR count). The van der Waals surface area contributed by atoms with Crippen molar-refractivity contribution in [2.75, 3.05) is 0 Å². The minimum absolute atomic E-state index is 0.0774. The average Bonchev–Trinajstić information content (AvgIpc) is 2.72. The van der Waals surface area contributed by atoms with Gasteiger partial charge in [-0.2, -0.15) is 0 Å². The standard InChI is InChI=1S/C23H25N3O3/c1-22-9-6-16(12-18(22)21(28)25-13-15-7-10-24-11-8-15)23(14-22)26-20(27)17-4-2-3-5-19(17)29-23/h2-5,7-8,10-11,16,18H,6,9,12-14H2,1H3,(H,25,28)(H,26,27). The maximum Gasteiger partial charge on any atom is 0.258 e. The van der Waals surface area contributed by atoms with Gasteiger partial charge in [-0.1, -0.05) is 19.1 Å². The SMILES string of the molecule is CC12CCC(CC1C(=O)NCc1ccncc1)C1(C2)NC(=O)c2ccccc2O1. The number of nitrogens with one attached hydrogen (secondary N) is 2. The summed E-state index contributed by atoms with van der Waals surface area (Å²) < 4.78 is 6.42. The van der Waals surface area contributed by atoms with Gasteiger partial charge in [-0.25, -0.2) is 0 Å². The molecule has 6 nitrogen and oxygen atoms in total. The molecule has 1 aromatic heterocycles. The van der Waals surface area contributed by atoms with E-state index >= 15 is 0 Å². The molecular weight excluding hydrogens is 366 g/mol. The minimum Gasteiger partial charge on any atom is -0.467 e. The Morgan fingerprint density at radius 3 is 2.86 bits per heavy atom. The number of pyridine rings is 1. The van der Waals surface area contributed by atoms with Crippen LogP contribution in [0, 0.1) is 17.3 Å². The van der Waals surface area contributed by atoms with Gasteiger partial charge in [-0.15, -0.1) is 0 Å². The highest BCUT2D eigenvalue weighted by Crippen LogP contribution is 2.58. The van der Waals surface area contributed by atoms with Crippen LogP contribution in [0.1, 0.15) is 48.5 Å². The Hall–Kier alpha value is -2.89. The lowest BCUT2D eigenvalue weighted by Gasteiger charge is -2.59. The number of hydrogen-bond acceptors (Lipinski definition) is 4. The first-order valence-electron chi connectivity index (χ1n) is 10.3. The fraction of sp³-hybridized carbons (Fsp3) is 0.435. The molecular formula is C23H25N3O3. The highest BCUT2D eigenvalue weighted by Gasteiger charge is 2.61. The van der Waals surface area contributed by atoms with Crippen molar-refractivity contribution in [1.29, 1.82) is 0 Å². The second kappa shape index (κ2) is 6.58. The third-order valence-corrected chi connectivity index (χ3v) is 7.03. The van der Waals surface area contributed by atoms with E-state index in [0.717, 1.165) is 24.8 Å². The number of carbonyl (C=O) groups excluding carboxylic acids is 2. The number of nitrogens with zero attached hydrogens (tertiary/aromatic N) is 1. The Bertz CT molecular complexity index is 963. The van der Waals surface area contributed by atoms with Crippen LogP contribution in [0.4, 0.5) is 0 Å². The highest BCUT2D eigenvalue weighted by atomic mass is 16.5. The van der Waals surface area contributed by atoms with E-state index < -0.39 is 5.72 Å². The molecule has 0 saturated heterocycles. The van der Waals surface area contributed by atoms with Gasteiger partial charge in [-0.05, 0) is 54.5 Å². The van der Waals surface area contributed by atoms with E-state index in [4.69, 9.17) is 4.74 Å². The molecule has 2 bridgehead atoms. The van der Waals surface area contributed by atoms with E-state index in [9.17, 15) is 9.59 Å². The normalized spacial score (nSPS) is 32.2. The van der Waals surface area contributed by atoms with Gasteiger partial charge in [0.15, 0.2) is 5.72 Å². The van der Waals surface area contributed by atoms with Crippen molar-refractivity contribution in [2.45, 2.75) is 44.9 Å². The fourth-order valence-electron chi connectivity index (χ4n) is 5.47. The smallest absolute Gasteiger partial charge is 0.258 e. The monoisotopic (exact) mass is 391 g/mol. The molecule has 150 valence electrons. The Morgan fingerprint density at radius 1 is 1.28 bits per heavy atom. The number of aromatic nitrogens is 1. The van der Waals surface area contributed by atoms with E-state index in [-0.39, 0.29) is 29.1 Å². The molecule has 4 aliphatic rings. The number of hydrogen-bond donors (Lipinski definition) is 2. The molecule has 2 aromatic rings. The van der Waals surface area contributed by atoms with Crippen LogP contribution in [0.3, 0.4) is 0 Å². The number of amides is 2. The van der Waals surface area contributed by atoms with Gasteiger partial charge < -0.3 is 15.4 Å². The first kappa shape index (κ1) is 18.2. The fourth-order valence-corrected chi connectivity index (χ4v) is 5.47. The molecule has 4 unspecified atom stereocenters. The predicted octanol–water partition coefficient (Wildman–Crippen LogP) is 3.04. The zero-order valence-electron chi connectivity index (χ0n) is 16.5. The van der Waals surface area contributed by atoms with Gasteiger partial charge in [0.25, 0.3) is 5.91 Å². The Balaban J connectivity index is 1.35. The summed E-state index contributed by atoms with van der Waals surface area (Å²) in [5.74, 6) is 0.698. The maximum absolute atomic E-state index is 13.0. The Morgan fingerprint density at radius 2 is 2.07 bits per heavy atom. The molecule has 3 aliphatic carbocycles. The molecule has 29 heavy (non-hydrogen) atoms. The number of benzene rings is 1. The van der Waals surface area contributed by atoms with Gasteiger partial charge >= 0.3 is 0 Å². The molecule has 1 spiro atoms. The van der Waals surface area contributed by atoms with Gasteiger partial charge in [0.05, 0.1) is 5.56 Å². The van der Waals surface area contributed by atoms with Crippen LogP contribution in [0.2, 0.25) is 0 Å². The summed E-state index contributed by atoms with van der Waals surface area (Å²) in [5.41, 5.74) is 0.698. The number of carbonyl (C=O) groups is 2. The van der Waals surface area contributed by atoms with Crippen molar-refractivity contribution in [2.24, 2.45) is 17.3 Å². The lowest BCUT2D eigenvalue weighted by molar-refractivity contribution is -0.167. The summed E-state index contributed by atoms with van der Waals surface area (Å²) >= 11 is 0. The maximum atomic E-state index is 13.0. The molecule has 4 atom stereocenters. The first-order chi connectivity index (χ1) is 14.0. The van der Waals surface area contributed by atoms with Crippen molar-refractivity contribution in [1.82, 2.24) is 15.6 Å². The second-order valence-corrected chi connectivity index (χ2v) is 8.87. The van der Waals surface area contributed by atoms with E-state index in [0.29, 0.717) is 24.3 Å². The van der Waals surface area contributed by atoms with Gasteiger partial charge in [-0.3, -0.25) is 14.6 Å². The third-order valence-electron chi connectivity index (χ3n) is 7.03. The molecule has 2 N–H and O–H groups in total. The number of fused-ring (bicyclic) bond motifs is 3. The van der Waals surface area contributed by atoms with E-state index in [1.54, 1.807) is 18.5 Å². The van der Waals surface area contributed by atoms with Crippen molar-refractivity contribution >= 4 is 11.8 Å². The van der Waals surface area contributed by atoms with Crippen LogP contribution in [0.15, 0.2) is 48.8 Å². The first-order valence-corrected chi connectivity index (χ1v) is 10.3. The summed E-state index contributed by atoms with van der Waals surface area (Å²) in [6.45, 7) is 2.67. The lowest BCUT2D eigenvalue weighted by Crippen LogP contribution is -2.69. The van der Waals surface area contributed by atoms with Crippen molar-refractivity contribution < 1.29 is 14.3 Å². The van der Waals surface area contributed by atoms with Crippen molar-refractivity contribution in [3.63, 3.8) is 0 Å². The summed E-state index contributed by atoms with van der Waals surface area (Å²) in [6.07, 6.45) is 6.76. The quantitative estimate of drug-likeness (QED) is 0.843. The molecule has 1 aliphatic heterocycles. The molecule has 2 heterocycles. The third kappa shape index (κ3) is 2.98. The Labute approximate surface area is 170 Å². The summed E-state index contributed by atoms with van der Waals surface area (Å²) in [4.78, 5) is 29.8. The van der Waals surface area contributed by atoms with Gasteiger partial charge in [0.1, 0.15) is 5.75 Å². The van der Waals surface area contributed by atoms with Crippen molar-refractivity contribution in [3.05, 3.63) is 59.9 Å². The van der Waals surface area contributed by atoms with Crippen LogP contribution in [-0.4, -0.2) is 22.5 Å². The van der Waals surface area contributed by atoms with Crippen molar-refractivity contribution in [3.8, 4) is 5.75 Å². The Kier molecular flexibility index (Phi) is 4.12. The molecule has 3 saturated carbocycles. The largest absolute Gasteiger partial charge is 0.467 e. The number of para-hydroxylation sites is 1. The highest BCUT2D eigenvalue weighted by molar-refractivity contribution is 5.98. The van der Waals surface area contributed by atoms with Crippen LogP contribution >= 0.6 is 0 Å². The zero-order valence-corrected chi connectivity index (χ0v) is 16.5. The zero-order chi connectivity index (χ0) is 20.1. The number of rotatable bonds is 3. The lowest BCUT2D eigenvalue weighted by atomic mass is 9.52. The van der Waals surface area contributed by atoms with Gasteiger partial charge in [0.2, 0.25) is 5.91 Å². The summed E-state index contributed by atoms with van der Waals surface area (Å²) in [6, 6.07) is 11.2. The van der Waals surface area contributed by atoms with Crippen LogP contribution in [0.25, 0.3) is 0 Å². The molecule has 2 amide bonds. The van der Waals surface area contributed by atoms with Crippen LogP contribution in [0.5, 0.6) is 5.75 Å². The molecule has 3 fully saturated rings. The molecule has 1 aromatic carbocycles. The van der Waals surface area contributed by atoms with E-state index in [2.05, 4.69) is 22.5 Å². The molecule has 0 radical (unpaired) electrons. The average molecular weight is 391 g/mol.